The summed E-state index contributed by atoms with van der Waals surface area (Å²) in [5, 5.41) is 0. The molecule has 0 saturated heterocycles. The molecule has 25 heavy (non-hydrogen) atoms. The first-order valence-electron chi connectivity index (χ1n) is 7.98. The van der Waals surface area contributed by atoms with Gasteiger partial charge in [-0.3, -0.25) is 9.59 Å². The van der Waals surface area contributed by atoms with Crippen LogP contribution in [0.15, 0.2) is 71.1 Å². The maximum absolute atomic E-state index is 12.2. The normalized spacial score (nSPS) is 11.7. The molecule has 3 rings (SSSR count). The van der Waals surface area contributed by atoms with E-state index in [1.807, 2.05) is 54.6 Å². The first-order chi connectivity index (χ1) is 12.2. The zero-order valence-corrected chi connectivity index (χ0v) is 13.8. The van der Waals surface area contributed by atoms with Crippen LogP contribution in [0.25, 0.3) is 11.3 Å². The van der Waals surface area contributed by atoms with Crippen LogP contribution in [0.2, 0.25) is 0 Å². The molecule has 4 heteroatoms. The Balaban J connectivity index is 1.81. The van der Waals surface area contributed by atoms with Gasteiger partial charge in [-0.1, -0.05) is 54.6 Å². The Hall–Kier alpha value is -3.14. The molecule has 0 aliphatic heterocycles. The minimum atomic E-state index is -0.345. The number of benzene rings is 2. The van der Waals surface area contributed by atoms with Crippen LogP contribution in [0.4, 0.5) is 0 Å². The highest BCUT2D eigenvalue weighted by molar-refractivity contribution is 5.78. The molecule has 0 bridgehead atoms. The quantitative estimate of drug-likeness (QED) is 0.499. The van der Waals surface area contributed by atoms with Gasteiger partial charge in [0.2, 0.25) is 0 Å². The Labute approximate surface area is 146 Å². The van der Waals surface area contributed by atoms with Crippen molar-refractivity contribution in [3.05, 3.63) is 83.6 Å². The largest absolute Gasteiger partial charge is 0.469 e. The molecule has 0 aliphatic carbocycles. The third kappa shape index (κ3) is 3.86. The molecular weight excluding hydrogens is 316 g/mol. The summed E-state index contributed by atoms with van der Waals surface area (Å²) < 4.78 is 10.4. The molecule has 1 heterocycles. The first kappa shape index (κ1) is 16.7. The Morgan fingerprint density at radius 2 is 1.76 bits per heavy atom. The minimum Gasteiger partial charge on any atom is -0.469 e. The second kappa shape index (κ2) is 7.62. The van der Waals surface area contributed by atoms with E-state index >= 15 is 0 Å². The van der Waals surface area contributed by atoms with E-state index in [1.54, 1.807) is 12.1 Å². The van der Waals surface area contributed by atoms with Gasteiger partial charge in [0.15, 0.2) is 12.0 Å². The van der Waals surface area contributed by atoms with Crippen LogP contribution < -0.4 is 0 Å². The summed E-state index contributed by atoms with van der Waals surface area (Å²) in [7, 11) is 1.41. The van der Waals surface area contributed by atoms with Gasteiger partial charge in [-0.15, -0.1) is 0 Å². The third-order valence-electron chi connectivity index (χ3n) is 4.11. The molecule has 0 fully saturated rings. The summed E-state index contributed by atoms with van der Waals surface area (Å²) in [5.74, 6) is 0.342. The number of rotatable bonds is 6. The molecule has 0 radical (unpaired) electrons. The number of carbonyl (C=O) groups excluding carboxylic acids is 2. The van der Waals surface area contributed by atoms with Crippen molar-refractivity contribution in [1.29, 1.82) is 0 Å². The lowest BCUT2D eigenvalue weighted by molar-refractivity contribution is -0.142. The first-order valence-corrected chi connectivity index (χ1v) is 7.98. The van der Waals surface area contributed by atoms with Gasteiger partial charge < -0.3 is 9.15 Å². The van der Waals surface area contributed by atoms with E-state index in [4.69, 9.17) is 9.15 Å². The smallest absolute Gasteiger partial charge is 0.313 e. The van der Waals surface area contributed by atoms with Crippen molar-refractivity contribution in [3.63, 3.8) is 0 Å². The second-order valence-electron chi connectivity index (χ2n) is 5.71. The van der Waals surface area contributed by atoms with Crippen molar-refractivity contribution >= 4 is 12.3 Å². The number of methoxy groups -OCH3 is 1. The van der Waals surface area contributed by atoms with Crippen molar-refractivity contribution in [1.82, 2.24) is 0 Å². The maximum atomic E-state index is 12.2. The van der Waals surface area contributed by atoms with Crippen LogP contribution in [0.5, 0.6) is 0 Å². The summed E-state index contributed by atoms with van der Waals surface area (Å²) in [6.45, 7) is 0. The van der Waals surface area contributed by atoms with E-state index in [0.29, 0.717) is 24.2 Å². The Bertz CT molecular complexity index is 847. The van der Waals surface area contributed by atoms with Gasteiger partial charge in [-0.25, -0.2) is 0 Å². The van der Waals surface area contributed by atoms with Gasteiger partial charge in [0.25, 0.3) is 0 Å². The highest BCUT2D eigenvalue weighted by Gasteiger charge is 2.21. The van der Waals surface area contributed by atoms with Crippen LogP contribution in [-0.2, 0) is 16.0 Å². The zero-order valence-electron chi connectivity index (χ0n) is 13.8. The molecule has 4 nitrogen and oxygen atoms in total. The molecule has 3 aromatic rings. The fourth-order valence-corrected chi connectivity index (χ4v) is 2.78. The predicted octanol–water partition coefficient (Wildman–Crippen LogP) is 4.26. The second-order valence-corrected chi connectivity index (χ2v) is 5.71. The summed E-state index contributed by atoms with van der Waals surface area (Å²) in [6, 6.07) is 20.8. The van der Waals surface area contributed by atoms with Crippen LogP contribution in [0, 0.1) is 0 Å². The van der Waals surface area contributed by atoms with Crippen molar-refractivity contribution in [2.75, 3.05) is 7.11 Å². The van der Waals surface area contributed by atoms with E-state index in [-0.39, 0.29) is 11.9 Å². The minimum absolute atomic E-state index is 0.253. The monoisotopic (exact) mass is 334 g/mol. The van der Waals surface area contributed by atoms with E-state index in [1.165, 1.54) is 7.11 Å². The zero-order chi connectivity index (χ0) is 17.6. The Kier molecular flexibility index (Phi) is 5.09. The number of furan rings is 1. The average Bonchev–Trinajstić information content (AvgIpc) is 3.16. The van der Waals surface area contributed by atoms with Gasteiger partial charge in [-0.05, 0) is 29.7 Å². The van der Waals surface area contributed by atoms with Crippen LogP contribution in [-0.4, -0.2) is 19.4 Å². The van der Waals surface area contributed by atoms with E-state index < -0.39 is 0 Å². The van der Waals surface area contributed by atoms with Crippen LogP contribution in [0.1, 0.15) is 27.6 Å². The number of ether oxygens (including phenoxy) is 1. The summed E-state index contributed by atoms with van der Waals surface area (Å²) in [5.41, 5.74) is 2.83. The molecule has 0 aliphatic rings. The molecule has 1 unspecified atom stereocenters. The van der Waals surface area contributed by atoms with Crippen LogP contribution >= 0.6 is 0 Å². The lowest BCUT2D eigenvalue weighted by atomic mass is 9.91. The molecule has 1 atom stereocenters. The third-order valence-corrected chi connectivity index (χ3v) is 4.11. The number of aldehydes is 1. The maximum Gasteiger partial charge on any atom is 0.313 e. The number of hydrogen-bond acceptors (Lipinski definition) is 4. The summed E-state index contributed by atoms with van der Waals surface area (Å²) in [6.07, 6.45) is 1.23. The van der Waals surface area contributed by atoms with Crippen molar-refractivity contribution in [3.8, 4) is 11.3 Å². The van der Waals surface area contributed by atoms with Gasteiger partial charge in [0.05, 0.1) is 13.0 Å². The molecular formula is C21H18O4. The van der Waals surface area contributed by atoms with Crippen LogP contribution in [0.3, 0.4) is 0 Å². The Morgan fingerprint density at radius 3 is 2.36 bits per heavy atom. The predicted molar refractivity (Wildman–Crippen MR) is 94.4 cm³/mol. The highest BCUT2D eigenvalue weighted by atomic mass is 16.5. The molecule has 1 aromatic heterocycles. The molecule has 0 saturated carbocycles. The fraction of sp³-hybridized carbons (Fsp3) is 0.143. The van der Waals surface area contributed by atoms with Gasteiger partial charge >= 0.3 is 5.97 Å². The van der Waals surface area contributed by atoms with E-state index in [0.717, 1.165) is 16.7 Å². The number of carbonyl (C=O) groups is 2. The lowest BCUT2D eigenvalue weighted by Crippen LogP contribution is -2.16. The SMILES string of the molecule is COC(=O)C(Cc1ccc(-c2ccc(C=O)o2)cc1)c1ccccc1. The molecule has 126 valence electrons. The van der Waals surface area contributed by atoms with Crippen molar-refractivity contribution in [2.24, 2.45) is 0 Å². The van der Waals surface area contributed by atoms with Gasteiger partial charge in [0, 0.05) is 5.56 Å². The molecule has 0 N–H and O–H groups in total. The van der Waals surface area contributed by atoms with E-state index in [2.05, 4.69) is 0 Å². The van der Waals surface area contributed by atoms with Gasteiger partial charge in [0.1, 0.15) is 5.76 Å². The summed E-state index contributed by atoms with van der Waals surface area (Å²) >= 11 is 0. The number of esters is 1. The average molecular weight is 334 g/mol. The topological polar surface area (TPSA) is 56.5 Å². The lowest BCUT2D eigenvalue weighted by Gasteiger charge is -2.15. The summed E-state index contributed by atoms with van der Waals surface area (Å²) in [4.78, 5) is 22.9. The Morgan fingerprint density at radius 1 is 1.04 bits per heavy atom. The van der Waals surface area contributed by atoms with Crippen molar-refractivity contribution in [2.45, 2.75) is 12.3 Å². The number of hydrogen-bond donors (Lipinski definition) is 0. The van der Waals surface area contributed by atoms with Crippen molar-refractivity contribution < 1.29 is 18.7 Å². The molecule has 2 aromatic carbocycles. The molecule has 0 amide bonds. The fourth-order valence-electron chi connectivity index (χ4n) is 2.78. The standard InChI is InChI=1S/C21H18O4/c1-24-21(23)19(16-5-3-2-4-6-16)13-15-7-9-17(10-8-15)20-12-11-18(14-22)25-20/h2-12,14,19H,13H2,1H3. The van der Waals surface area contributed by atoms with E-state index in [9.17, 15) is 9.59 Å². The highest BCUT2D eigenvalue weighted by Crippen LogP contribution is 2.26. The molecule has 0 spiro atoms. The van der Waals surface area contributed by atoms with Gasteiger partial charge in [-0.2, -0.15) is 0 Å².